The third kappa shape index (κ3) is 6.26. The maximum Gasteiger partial charge on any atom is 0.329 e. The van der Waals surface area contributed by atoms with Gasteiger partial charge in [-0.2, -0.15) is 0 Å². The number of nitrogens with one attached hydrogen (secondary N) is 2. The minimum Gasteiger partial charge on any atom is -0.459 e. The molecule has 0 aliphatic carbocycles. The van der Waals surface area contributed by atoms with Crippen LogP contribution in [0.2, 0.25) is 0 Å². The van der Waals surface area contributed by atoms with Gasteiger partial charge in [0.05, 0.1) is 11.2 Å². The van der Waals surface area contributed by atoms with Crippen molar-refractivity contribution in [3.05, 3.63) is 94.4 Å². The van der Waals surface area contributed by atoms with E-state index in [9.17, 15) is 24.5 Å². The maximum atomic E-state index is 12.6. The fourth-order valence-electron chi connectivity index (χ4n) is 2.81. The zero-order chi connectivity index (χ0) is 22.9. The van der Waals surface area contributed by atoms with Gasteiger partial charge in [-0.25, -0.2) is 4.79 Å². The predicted molar refractivity (Wildman–Crippen MR) is 113 cm³/mol. The Bertz CT molecular complexity index is 1100. The van der Waals surface area contributed by atoms with Crippen molar-refractivity contribution >= 4 is 29.2 Å². The van der Waals surface area contributed by atoms with Crippen molar-refractivity contribution in [2.24, 2.45) is 0 Å². The van der Waals surface area contributed by atoms with Crippen molar-refractivity contribution < 1.29 is 28.5 Å². The number of ether oxygens (including phenoxy) is 1. The molecule has 10 nitrogen and oxygen atoms in total. The second-order valence-electron chi connectivity index (χ2n) is 6.66. The number of amides is 2. The van der Waals surface area contributed by atoms with Crippen LogP contribution in [0.3, 0.4) is 0 Å². The topological polar surface area (TPSA) is 141 Å². The molecule has 0 unspecified atom stereocenters. The van der Waals surface area contributed by atoms with Crippen LogP contribution in [0, 0.1) is 10.1 Å². The number of nitro groups is 1. The molecule has 0 bridgehead atoms. The van der Waals surface area contributed by atoms with Gasteiger partial charge < -0.3 is 19.8 Å². The van der Waals surface area contributed by atoms with Crippen molar-refractivity contribution in [2.75, 3.05) is 11.9 Å². The number of esters is 1. The second-order valence-corrected chi connectivity index (χ2v) is 6.66. The molecule has 164 valence electrons. The summed E-state index contributed by atoms with van der Waals surface area (Å²) in [6.07, 6.45) is 1.47. The number of hydrogen-bond acceptors (Lipinski definition) is 7. The van der Waals surface area contributed by atoms with Gasteiger partial charge in [-0.1, -0.05) is 36.4 Å². The van der Waals surface area contributed by atoms with Crippen LogP contribution in [-0.2, 0) is 20.7 Å². The van der Waals surface area contributed by atoms with E-state index >= 15 is 0 Å². The number of hydrogen-bond donors (Lipinski definition) is 2. The summed E-state index contributed by atoms with van der Waals surface area (Å²) in [6, 6.07) is 16.2. The second kappa shape index (κ2) is 10.5. The van der Waals surface area contributed by atoms with Crippen LogP contribution < -0.4 is 10.6 Å². The van der Waals surface area contributed by atoms with Gasteiger partial charge in [0.15, 0.2) is 12.4 Å². The fraction of sp³-hybridized carbons (Fsp3) is 0.136. The van der Waals surface area contributed by atoms with Crippen LogP contribution in [0.15, 0.2) is 77.4 Å². The zero-order valence-electron chi connectivity index (χ0n) is 16.7. The van der Waals surface area contributed by atoms with E-state index in [-0.39, 0.29) is 23.6 Å². The van der Waals surface area contributed by atoms with E-state index in [2.05, 4.69) is 10.6 Å². The first-order valence-electron chi connectivity index (χ1n) is 9.51. The molecule has 1 heterocycles. The third-order valence-corrected chi connectivity index (χ3v) is 4.30. The molecule has 2 amide bonds. The Balaban J connectivity index is 1.62. The summed E-state index contributed by atoms with van der Waals surface area (Å²) < 4.78 is 10.1. The first kappa shape index (κ1) is 22.2. The molecule has 3 rings (SSSR count). The lowest BCUT2D eigenvalue weighted by atomic mass is 10.1. The molecule has 0 spiro atoms. The lowest BCUT2D eigenvalue weighted by Crippen LogP contribution is -2.44. The van der Waals surface area contributed by atoms with Crippen molar-refractivity contribution in [3.8, 4) is 0 Å². The van der Waals surface area contributed by atoms with Gasteiger partial charge in [0.2, 0.25) is 0 Å². The van der Waals surface area contributed by atoms with Crippen LogP contribution in [0.4, 0.5) is 11.4 Å². The molecule has 2 N–H and O–H groups in total. The molecular formula is C22H19N3O7. The van der Waals surface area contributed by atoms with E-state index in [0.717, 1.165) is 5.56 Å². The number of furan rings is 1. The smallest absolute Gasteiger partial charge is 0.329 e. The highest BCUT2D eigenvalue weighted by Crippen LogP contribution is 2.17. The molecule has 2 aromatic carbocycles. The lowest BCUT2D eigenvalue weighted by Gasteiger charge is -2.17. The van der Waals surface area contributed by atoms with Crippen LogP contribution in [0.25, 0.3) is 0 Å². The standard InChI is InChI=1S/C22H19N3O7/c26-20(23-16-8-4-9-17(13-16)25(29)30)14-32-22(28)18(12-15-6-2-1-3-7-15)24-21(27)19-10-5-11-31-19/h1-11,13,18H,12,14H2,(H,23,26)(H,24,27)/t18-/m1/s1. The Morgan fingerprint density at radius 1 is 1.03 bits per heavy atom. The monoisotopic (exact) mass is 437 g/mol. The molecule has 0 saturated heterocycles. The third-order valence-electron chi connectivity index (χ3n) is 4.30. The van der Waals surface area contributed by atoms with E-state index in [0.29, 0.717) is 0 Å². The zero-order valence-corrected chi connectivity index (χ0v) is 16.7. The largest absolute Gasteiger partial charge is 0.459 e. The molecule has 1 aromatic heterocycles. The van der Waals surface area contributed by atoms with Gasteiger partial charge >= 0.3 is 5.97 Å². The van der Waals surface area contributed by atoms with E-state index in [1.807, 2.05) is 6.07 Å². The Labute approximate surface area is 182 Å². The SMILES string of the molecule is O=C(COC(=O)[C@@H](Cc1ccccc1)NC(=O)c1ccco1)Nc1cccc([N+](=O)[O-])c1. The van der Waals surface area contributed by atoms with Crippen LogP contribution in [0.5, 0.6) is 0 Å². The Kier molecular flexibility index (Phi) is 7.31. The Morgan fingerprint density at radius 2 is 1.81 bits per heavy atom. The minimum absolute atomic E-state index is 0.0271. The van der Waals surface area contributed by atoms with Crippen molar-refractivity contribution in [1.82, 2.24) is 5.32 Å². The summed E-state index contributed by atoms with van der Waals surface area (Å²) in [5, 5.41) is 15.8. The molecule has 32 heavy (non-hydrogen) atoms. The number of carbonyl (C=O) groups is 3. The highest BCUT2D eigenvalue weighted by Gasteiger charge is 2.25. The summed E-state index contributed by atoms with van der Waals surface area (Å²) in [5.41, 5.74) is 0.769. The number of rotatable bonds is 9. The normalized spacial score (nSPS) is 11.2. The Hall–Kier alpha value is -4.47. The molecule has 0 aliphatic heterocycles. The predicted octanol–water partition coefficient (Wildman–Crippen LogP) is 2.71. The van der Waals surface area contributed by atoms with E-state index < -0.39 is 35.4 Å². The van der Waals surface area contributed by atoms with Crippen LogP contribution in [0.1, 0.15) is 16.1 Å². The summed E-state index contributed by atoms with van der Waals surface area (Å²) >= 11 is 0. The lowest BCUT2D eigenvalue weighted by molar-refractivity contribution is -0.384. The average molecular weight is 437 g/mol. The quantitative estimate of drug-likeness (QED) is 0.298. The first-order valence-corrected chi connectivity index (χ1v) is 9.51. The maximum absolute atomic E-state index is 12.6. The molecule has 0 saturated carbocycles. The average Bonchev–Trinajstić information content (AvgIpc) is 3.33. The Morgan fingerprint density at radius 3 is 2.50 bits per heavy atom. The molecule has 10 heteroatoms. The summed E-state index contributed by atoms with van der Waals surface area (Å²) in [5.74, 6) is -2.08. The first-order chi connectivity index (χ1) is 15.4. The highest BCUT2D eigenvalue weighted by atomic mass is 16.6. The fourth-order valence-corrected chi connectivity index (χ4v) is 2.81. The summed E-state index contributed by atoms with van der Waals surface area (Å²) in [6.45, 7) is -0.635. The molecule has 0 fully saturated rings. The van der Waals surface area contributed by atoms with Gasteiger partial charge in [0, 0.05) is 24.2 Å². The number of nitrogens with zero attached hydrogens (tertiary/aromatic N) is 1. The highest BCUT2D eigenvalue weighted by molar-refractivity contribution is 5.96. The molecular weight excluding hydrogens is 418 g/mol. The van der Waals surface area contributed by atoms with Gasteiger partial charge in [-0.05, 0) is 23.8 Å². The van der Waals surface area contributed by atoms with Crippen molar-refractivity contribution in [1.29, 1.82) is 0 Å². The van der Waals surface area contributed by atoms with Crippen molar-refractivity contribution in [3.63, 3.8) is 0 Å². The van der Waals surface area contributed by atoms with Gasteiger partial charge in [-0.3, -0.25) is 19.7 Å². The van der Waals surface area contributed by atoms with E-state index in [4.69, 9.17) is 9.15 Å². The van der Waals surface area contributed by atoms with Gasteiger partial charge in [0.1, 0.15) is 6.04 Å². The molecule has 0 radical (unpaired) electrons. The van der Waals surface area contributed by atoms with Gasteiger partial charge in [0.25, 0.3) is 17.5 Å². The number of anilines is 1. The molecule has 3 aromatic rings. The van der Waals surface area contributed by atoms with E-state index in [1.165, 1.54) is 42.7 Å². The summed E-state index contributed by atoms with van der Waals surface area (Å²) in [7, 11) is 0. The number of benzene rings is 2. The molecule has 1 atom stereocenters. The van der Waals surface area contributed by atoms with E-state index in [1.54, 1.807) is 24.3 Å². The minimum atomic E-state index is -1.07. The van der Waals surface area contributed by atoms with Crippen LogP contribution in [-0.4, -0.2) is 35.4 Å². The van der Waals surface area contributed by atoms with Crippen LogP contribution >= 0.6 is 0 Å². The summed E-state index contributed by atoms with van der Waals surface area (Å²) in [4.78, 5) is 47.3. The number of carbonyl (C=O) groups excluding carboxylic acids is 3. The number of nitro benzene ring substituents is 1. The number of non-ortho nitro benzene ring substituents is 1. The van der Waals surface area contributed by atoms with Gasteiger partial charge in [-0.15, -0.1) is 0 Å². The van der Waals surface area contributed by atoms with Crippen molar-refractivity contribution in [2.45, 2.75) is 12.5 Å². The molecule has 0 aliphatic rings.